The first-order valence-electron chi connectivity index (χ1n) is 10.6. The van der Waals surface area contributed by atoms with Gasteiger partial charge in [-0.05, 0) is 47.6 Å². The summed E-state index contributed by atoms with van der Waals surface area (Å²) >= 11 is 0. The first-order chi connectivity index (χ1) is 14.9. The van der Waals surface area contributed by atoms with Gasteiger partial charge in [0.15, 0.2) is 5.78 Å². The normalized spacial score (nSPS) is 19.5. The second-order valence-electron chi connectivity index (χ2n) is 9.17. The minimum atomic E-state index is -0.275. The number of fused-ring (bicyclic) bond motifs is 1. The zero-order valence-corrected chi connectivity index (χ0v) is 18.1. The minimum Gasteiger partial charge on any atom is -0.489 e. The van der Waals surface area contributed by atoms with Gasteiger partial charge in [-0.15, -0.1) is 0 Å². The van der Waals surface area contributed by atoms with E-state index in [1.165, 1.54) is 17.5 Å². The number of carbonyl (C=O) groups excluding carboxylic acids is 1. The molecule has 158 valence electrons. The molecule has 1 aliphatic heterocycles. The average Bonchev–Trinajstić information content (AvgIpc) is 3.19. The second-order valence-corrected chi connectivity index (χ2v) is 9.17. The van der Waals surface area contributed by atoms with Crippen molar-refractivity contribution >= 4 is 11.7 Å². The highest BCUT2D eigenvalue weighted by atomic mass is 16.5. The summed E-state index contributed by atoms with van der Waals surface area (Å²) in [7, 11) is 0. The van der Waals surface area contributed by atoms with Crippen molar-refractivity contribution in [2.24, 2.45) is 5.41 Å². The van der Waals surface area contributed by atoms with Crippen LogP contribution in [-0.2, 0) is 11.4 Å². The molecule has 2 heterocycles. The maximum atomic E-state index is 13.1. The third-order valence-electron chi connectivity index (χ3n) is 6.13. The number of aryl methyl sites for hydroxylation is 1. The molecule has 1 aromatic heterocycles. The van der Waals surface area contributed by atoms with E-state index in [2.05, 4.69) is 48.3 Å². The summed E-state index contributed by atoms with van der Waals surface area (Å²) < 4.78 is 7.80. The number of nitrogens with one attached hydrogen (secondary N) is 1. The lowest BCUT2D eigenvalue weighted by Gasteiger charge is -2.38. The van der Waals surface area contributed by atoms with Crippen molar-refractivity contribution in [3.8, 4) is 5.75 Å². The molecule has 2 aliphatic rings. The van der Waals surface area contributed by atoms with Gasteiger partial charge in [0.1, 0.15) is 24.7 Å². The molecule has 0 amide bonds. The van der Waals surface area contributed by atoms with E-state index in [0.29, 0.717) is 19.0 Å². The van der Waals surface area contributed by atoms with Crippen LogP contribution < -0.4 is 10.1 Å². The van der Waals surface area contributed by atoms with Gasteiger partial charge < -0.3 is 10.1 Å². The van der Waals surface area contributed by atoms with Crippen molar-refractivity contribution in [1.29, 1.82) is 0 Å². The Kier molecular flexibility index (Phi) is 4.65. The number of allylic oxidation sites excluding steroid dienone is 2. The average molecular weight is 415 g/mol. The fourth-order valence-electron chi connectivity index (χ4n) is 4.54. The second kappa shape index (κ2) is 7.38. The maximum Gasteiger partial charge on any atom is 0.226 e. The Balaban J connectivity index is 1.44. The lowest BCUT2D eigenvalue weighted by atomic mass is 9.73. The number of ketones is 1. The summed E-state index contributed by atoms with van der Waals surface area (Å²) in [5, 5.41) is 7.75. The van der Waals surface area contributed by atoms with Crippen molar-refractivity contribution < 1.29 is 9.53 Å². The molecule has 1 N–H and O–H groups in total. The van der Waals surface area contributed by atoms with Gasteiger partial charge in [0.25, 0.3) is 0 Å². The fourth-order valence-corrected chi connectivity index (χ4v) is 4.54. The molecule has 3 aromatic rings. The van der Waals surface area contributed by atoms with Crippen molar-refractivity contribution in [1.82, 2.24) is 14.8 Å². The van der Waals surface area contributed by atoms with E-state index in [0.717, 1.165) is 29.0 Å². The molecule has 0 fully saturated rings. The Bertz CT molecular complexity index is 1170. The standard InChI is InChI=1S/C25H26N4O2/c1-16-6-4-5-7-18(16)14-31-19-10-8-17(9-11-19)23-22-20(12-25(2,3)13-21(22)30)28-24-26-15-27-29(23)24/h4-11,15,23H,12-14H2,1-3H3,(H,26,27,28). The molecule has 1 aliphatic carbocycles. The van der Waals surface area contributed by atoms with Crippen LogP contribution >= 0.6 is 0 Å². The van der Waals surface area contributed by atoms with Crippen molar-refractivity contribution in [3.05, 3.63) is 82.8 Å². The molecule has 0 saturated heterocycles. The zero-order chi connectivity index (χ0) is 21.6. The monoisotopic (exact) mass is 414 g/mol. The molecule has 0 spiro atoms. The van der Waals surface area contributed by atoms with E-state index in [9.17, 15) is 4.79 Å². The van der Waals surface area contributed by atoms with Crippen molar-refractivity contribution in [2.75, 3.05) is 5.32 Å². The number of Topliss-reactive ketones (excluding diaryl/α,β-unsaturated/α-hetero) is 1. The molecular weight excluding hydrogens is 388 g/mol. The number of benzene rings is 2. The van der Waals surface area contributed by atoms with Crippen LogP contribution in [0.3, 0.4) is 0 Å². The Morgan fingerprint density at radius 1 is 1.13 bits per heavy atom. The van der Waals surface area contributed by atoms with Gasteiger partial charge in [-0.3, -0.25) is 4.79 Å². The summed E-state index contributed by atoms with van der Waals surface area (Å²) in [6, 6.07) is 15.9. The third kappa shape index (κ3) is 3.63. The number of hydrogen-bond donors (Lipinski definition) is 1. The molecular formula is C25H26N4O2. The fraction of sp³-hybridized carbons (Fsp3) is 0.320. The molecule has 6 heteroatoms. The van der Waals surface area contributed by atoms with Crippen LogP contribution in [0.2, 0.25) is 0 Å². The van der Waals surface area contributed by atoms with E-state index in [4.69, 9.17) is 4.74 Å². The number of anilines is 1. The highest BCUT2D eigenvalue weighted by Gasteiger charge is 2.41. The number of carbonyl (C=O) groups is 1. The van der Waals surface area contributed by atoms with Gasteiger partial charge in [0.2, 0.25) is 5.95 Å². The molecule has 31 heavy (non-hydrogen) atoms. The summed E-state index contributed by atoms with van der Waals surface area (Å²) in [6.07, 6.45) is 2.88. The summed E-state index contributed by atoms with van der Waals surface area (Å²) in [5.41, 5.74) is 5.07. The van der Waals surface area contributed by atoms with Gasteiger partial charge >= 0.3 is 0 Å². The van der Waals surface area contributed by atoms with Crippen LogP contribution in [0.1, 0.15) is 49.4 Å². The molecule has 0 radical (unpaired) electrons. The van der Waals surface area contributed by atoms with Gasteiger partial charge in [-0.1, -0.05) is 50.2 Å². The van der Waals surface area contributed by atoms with E-state index >= 15 is 0 Å². The van der Waals surface area contributed by atoms with Gasteiger partial charge in [0.05, 0.1) is 0 Å². The van der Waals surface area contributed by atoms with Crippen LogP contribution in [0, 0.1) is 12.3 Å². The van der Waals surface area contributed by atoms with E-state index in [-0.39, 0.29) is 17.2 Å². The maximum absolute atomic E-state index is 13.1. The van der Waals surface area contributed by atoms with Crippen LogP contribution in [0.25, 0.3) is 0 Å². The van der Waals surface area contributed by atoms with Gasteiger partial charge in [0, 0.05) is 17.7 Å². The Morgan fingerprint density at radius 2 is 1.90 bits per heavy atom. The van der Waals surface area contributed by atoms with Crippen molar-refractivity contribution in [2.45, 2.75) is 46.3 Å². The SMILES string of the molecule is Cc1ccccc1COc1ccc(C2C3=C(CC(C)(C)CC3=O)Nc3ncnn32)cc1. The smallest absolute Gasteiger partial charge is 0.226 e. The van der Waals surface area contributed by atoms with Gasteiger partial charge in [-0.2, -0.15) is 10.1 Å². The van der Waals surface area contributed by atoms with Crippen LogP contribution in [0.4, 0.5) is 5.95 Å². The number of nitrogens with zero attached hydrogens (tertiary/aromatic N) is 3. The van der Waals surface area contributed by atoms with E-state index in [1.807, 2.05) is 36.4 Å². The number of ether oxygens (including phenoxy) is 1. The molecule has 1 atom stereocenters. The van der Waals surface area contributed by atoms with E-state index < -0.39 is 0 Å². The highest BCUT2D eigenvalue weighted by Crippen LogP contribution is 2.45. The third-order valence-corrected chi connectivity index (χ3v) is 6.13. The first kappa shape index (κ1) is 19.5. The van der Waals surface area contributed by atoms with Crippen LogP contribution in [0.5, 0.6) is 5.75 Å². The van der Waals surface area contributed by atoms with Crippen LogP contribution in [-0.4, -0.2) is 20.5 Å². The van der Waals surface area contributed by atoms with Crippen LogP contribution in [0.15, 0.2) is 66.1 Å². The lowest BCUT2D eigenvalue weighted by Crippen LogP contribution is -2.36. The lowest BCUT2D eigenvalue weighted by molar-refractivity contribution is -0.118. The quantitative estimate of drug-likeness (QED) is 0.663. The zero-order valence-electron chi connectivity index (χ0n) is 18.1. The Morgan fingerprint density at radius 3 is 2.68 bits per heavy atom. The molecule has 6 nitrogen and oxygen atoms in total. The minimum absolute atomic E-state index is 0.0665. The van der Waals surface area contributed by atoms with E-state index in [1.54, 1.807) is 4.68 Å². The predicted molar refractivity (Wildman–Crippen MR) is 119 cm³/mol. The number of hydrogen-bond acceptors (Lipinski definition) is 5. The number of aromatic nitrogens is 3. The first-order valence-corrected chi connectivity index (χ1v) is 10.6. The molecule has 0 saturated carbocycles. The topological polar surface area (TPSA) is 69.0 Å². The summed E-state index contributed by atoms with van der Waals surface area (Å²) in [4.78, 5) is 17.5. The largest absolute Gasteiger partial charge is 0.489 e. The summed E-state index contributed by atoms with van der Waals surface area (Å²) in [5.74, 6) is 1.64. The molecule has 1 unspecified atom stereocenters. The molecule has 2 aromatic carbocycles. The van der Waals surface area contributed by atoms with Crippen molar-refractivity contribution in [3.63, 3.8) is 0 Å². The highest BCUT2D eigenvalue weighted by molar-refractivity contribution is 6.00. The molecule has 5 rings (SSSR count). The van der Waals surface area contributed by atoms with Gasteiger partial charge in [-0.25, -0.2) is 4.68 Å². The Labute approximate surface area is 182 Å². The predicted octanol–water partition coefficient (Wildman–Crippen LogP) is 4.82. The summed E-state index contributed by atoms with van der Waals surface area (Å²) in [6.45, 7) is 6.87. The number of rotatable bonds is 4. The molecule has 0 bridgehead atoms. The Hall–Kier alpha value is -3.41.